The number of hydrogen-bond donors (Lipinski definition) is 1. The summed E-state index contributed by atoms with van der Waals surface area (Å²) in [6, 6.07) is 18.4. The highest BCUT2D eigenvalue weighted by molar-refractivity contribution is 7.98. The normalized spacial score (nSPS) is 15.1. The molecule has 1 aliphatic rings. The number of pyridine rings is 2. The largest absolute Gasteiger partial charge is 0.396 e. The monoisotopic (exact) mass is 416 g/mol. The molecule has 152 valence electrons. The number of nitrogens with zero attached hydrogens (tertiary/aromatic N) is 3. The zero-order chi connectivity index (χ0) is 20.9. The highest BCUT2D eigenvalue weighted by Gasteiger charge is 2.17. The van der Waals surface area contributed by atoms with E-state index in [-0.39, 0.29) is 6.04 Å². The van der Waals surface area contributed by atoms with Crippen LogP contribution in [0.2, 0.25) is 0 Å². The molecule has 1 aromatic carbocycles. The highest BCUT2D eigenvalue weighted by atomic mass is 32.2. The predicted octanol–water partition coefficient (Wildman–Crippen LogP) is 4.47. The van der Waals surface area contributed by atoms with Gasteiger partial charge >= 0.3 is 0 Å². The lowest BCUT2D eigenvalue weighted by Crippen LogP contribution is -2.31. The Labute approximate surface area is 181 Å². The fraction of sp³-hybridized carbons (Fsp3) is 0.208. The second kappa shape index (κ2) is 9.24. The molecule has 0 aliphatic carbocycles. The minimum atomic E-state index is 0.179. The van der Waals surface area contributed by atoms with Gasteiger partial charge in [-0.2, -0.15) is 0 Å². The van der Waals surface area contributed by atoms with E-state index in [9.17, 15) is 0 Å². The maximum Gasteiger partial charge on any atom is 0.0966 e. The van der Waals surface area contributed by atoms with E-state index in [1.54, 1.807) is 11.8 Å². The van der Waals surface area contributed by atoms with Crippen LogP contribution in [0.4, 0.5) is 0 Å². The standard InChI is InChI=1S/C24H24N4OS/c1-16-4-3-5-22(28-16)24(25)21(13-27-19-14-29-15-19)18-10-11-26-23(12-18)17-6-8-20(30-2)9-7-17/h3-13,19H,14-15,25H2,1-2H3. The Morgan fingerprint density at radius 2 is 1.97 bits per heavy atom. The first-order chi connectivity index (χ1) is 14.6. The molecular weight excluding hydrogens is 392 g/mol. The van der Waals surface area contributed by atoms with Crippen LogP contribution in [0.1, 0.15) is 17.0 Å². The molecule has 0 saturated carbocycles. The van der Waals surface area contributed by atoms with E-state index in [2.05, 4.69) is 51.5 Å². The van der Waals surface area contributed by atoms with Crippen molar-refractivity contribution in [1.82, 2.24) is 9.97 Å². The van der Waals surface area contributed by atoms with Gasteiger partial charge in [-0.1, -0.05) is 18.2 Å². The van der Waals surface area contributed by atoms with Crippen LogP contribution in [-0.4, -0.2) is 41.7 Å². The summed E-state index contributed by atoms with van der Waals surface area (Å²) < 4.78 is 5.24. The van der Waals surface area contributed by atoms with Crippen LogP contribution >= 0.6 is 11.8 Å². The van der Waals surface area contributed by atoms with Crippen LogP contribution in [0.15, 0.2) is 70.7 Å². The summed E-state index contributed by atoms with van der Waals surface area (Å²) in [7, 11) is 0. The van der Waals surface area contributed by atoms with Crippen LogP contribution in [0, 0.1) is 6.92 Å². The molecule has 0 bridgehead atoms. The van der Waals surface area contributed by atoms with E-state index in [0.29, 0.717) is 18.9 Å². The summed E-state index contributed by atoms with van der Waals surface area (Å²) in [5, 5.41) is 0. The summed E-state index contributed by atoms with van der Waals surface area (Å²) in [6.07, 6.45) is 5.73. The number of hydrogen-bond acceptors (Lipinski definition) is 6. The van der Waals surface area contributed by atoms with Crippen molar-refractivity contribution < 1.29 is 4.74 Å². The van der Waals surface area contributed by atoms with Gasteiger partial charge in [0.1, 0.15) is 0 Å². The van der Waals surface area contributed by atoms with Crippen molar-refractivity contribution in [3.63, 3.8) is 0 Å². The summed E-state index contributed by atoms with van der Waals surface area (Å²) in [6.45, 7) is 3.25. The molecule has 3 heterocycles. The van der Waals surface area contributed by atoms with Gasteiger partial charge in [0.25, 0.3) is 0 Å². The zero-order valence-corrected chi connectivity index (χ0v) is 17.9. The second-order valence-electron chi connectivity index (χ2n) is 7.12. The number of nitrogens with two attached hydrogens (primary N) is 1. The van der Waals surface area contributed by atoms with Gasteiger partial charge in [0, 0.05) is 34.1 Å². The van der Waals surface area contributed by atoms with Gasteiger partial charge in [0.05, 0.1) is 36.3 Å². The first-order valence-electron chi connectivity index (χ1n) is 9.79. The topological polar surface area (TPSA) is 73.4 Å². The quantitative estimate of drug-likeness (QED) is 0.474. The Bertz CT molecular complexity index is 1090. The molecule has 30 heavy (non-hydrogen) atoms. The summed E-state index contributed by atoms with van der Waals surface area (Å²) in [4.78, 5) is 15.0. The van der Waals surface area contributed by atoms with E-state index in [4.69, 9.17) is 10.5 Å². The van der Waals surface area contributed by atoms with Crippen molar-refractivity contribution in [3.05, 3.63) is 77.7 Å². The summed E-state index contributed by atoms with van der Waals surface area (Å²) in [5.74, 6) is 0. The molecule has 5 nitrogen and oxygen atoms in total. The molecular formula is C24H24N4OS. The predicted molar refractivity (Wildman–Crippen MR) is 125 cm³/mol. The van der Waals surface area contributed by atoms with Crippen molar-refractivity contribution in [2.75, 3.05) is 19.5 Å². The average molecular weight is 417 g/mol. The highest BCUT2D eigenvalue weighted by Crippen LogP contribution is 2.26. The molecule has 2 N–H and O–H groups in total. The minimum Gasteiger partial charge on any atom is -0.396 e. The van der Waals surface area contributed by atoms with Crippen LogP contribution in [0.5, 0.6) is 0 Å². The Morgan fingerprint density at radius 3 is 2.63 bits per heavy atom. The molecule has 1 aliphatic heterocycles. The van der Waals surface area contributed by atoms with Crippen LogP contribution < -0.4 is 5.73 Å². The smallest absolute Gasteiger partial charge is 0.0966 e. The fourth-order valence-corrected chi connectivity index (χ4v) is 3.55. The number of thioether (sulfide) groups is 1. The maximum absolute atomic E-state index is 6.58. The van der Waals surface area contributed by atoms with Gasteiger partial charge in [0.15, 0.2) is 0 Å². The van der Waals surface area contributed by atoms with E-state index in [1.807, 2.05) is 43.6 Å². The molecule has 0 atom stereocenters. The number of aromatic nitrogens is 2. The molecule has 1 saturated heterocycles. The molecule has 0 spiro atoms. The van der Waals surface area contributed by atoms with E-state index in [1.165, 1.54) is 4.90 Å². The Morgan fingerprint density at radius 1 is 1.17 bits per heavy atom. The molecule has 4 rings (SSSR count). The van der Waals surface area contributed by atoms with Crippen molar-refractivity contribution in [2.45, 2.75) is 17.9 Å². The molecule has 3 aromatic rings. The summed E-state index contributed by atoms with van der Waals surface area (Å²) >= 11 is 1.72. The molecule has 2 aromatic heterocycles. The number of ether oxygens (including phenoxy) is 1. The third-order valence-corrected chi connectivity index (χ3v) is 5.69. The van der Waals surface area contributed by atoms with E-state index >= 15 is 0 Å². The van der Waals surface area contributed by atoms with Crippen molar-refractivity contribution in [2.24, 2.45) is 10.7 Å². The van der Waals surface area contributed by atoms with Gasteiger partial charge in [-0.25, -0.2) is 0 Å². The summed E-state index contributed by atoms with van der Waals surface area (Å²) in [5.41, 5.74) is 12.6. The third kappa shape index (κ3) is 4.61. The number of aliphatic imine (C=N–C) groups is 1. The number of rotatable bonds is 6. The molecule has 6 heteroatoms. The van der Waals surface area contributed by atoms with Gasteiger partial charge in [-0.3, -0.25) is 15.0 Å². The fourth-order valence-electron chi connectivity index (χ4n) is 3.14. The number of aryl methyl sites for hydroxylation is 1. The van der Waals surface area contributed by atoms with Gasteiger partial charge < -0.3 is 10.5 Å². The molecule has 1 fully saturated rings. The van der Waals surface area contributed by atoms with Crippen molar-refractivity contribution in [3.8, 4) is 11.3 Å². The average Bonchev–Trinajstić information content (AvgIpc) is 2.75. The molecule has 0 amide bonds. The number of benzene rings is 1. The van der Waals surface area contributed by atoms with Gasteiger partial charge in [-0.15, -0.1) is 11.8 Å². The van der Waals surface area contributed by atoms with Crippen molar-refractivity contribution in [1.29, 1.82) is 0 Å². The van der Waals surface area contributed by atoms with Gasteiger partial charge in [-0.05, 0) is 55.1 Å². The Kier molecular flexibility index (Phi) is 6.26. The third-order valence-electron chi connectivity index (χ3n) is 4.95. The van der Waals surface area contributed by atoms with Gasteiger partial charge in [0.2, 0.25) is 0 Å². The lowest BCUT2D eigenvalue weighted by atomic mass is 10.0. The van der Waals surface area contributed by atoms with Crippen molar-refractivity contribution >= 4 is 29.2 Å². The van der Waals surface area contributed by atoms with E-state index < -0.39 is 0 Å². The van der Waals surface area contributed by atoms with Crippen LogP contribution in [0.3, 0.4) is 0 Å². The molecule has 0 radical (unpaired) electrons. The molecule has 0 unspecified atom stereocenters. The number of allylic oxidation sites excluding steroid dienone is 1. The van der Waals surface area contributed by atoms with E-state index in [0.717, 1.165) is 33.8 Å². The Hall–Kier alpha value is -2.96. The minimum absolute atomic E-state index is 0.179. The maximum atomic E-state index is 6.58. The first kappa shape index (κ1) is 20.3. The second-order valence-corrected chi connectivity index (χ2v) is 8.00. The van der Waals surface area contributed by atoms with Crippen LogP contribution in [-0.2, 0) is 4.74 Å². The SMILES string of the molecule is CSc1ccc(-c2cc(C(C=NC3COC3)=C(N)c3cccc(C)n3)ccn2)cc1. The lowest BCUT2D eigenvalue weighted by molar-refractivity contribution is 0.0136. The van der Waals surface area contributed by atoms with Crippen LogP contribution in [0.25, 0.3) is 22.5 Å². The zero-order valence-electron chi connectivity index (χ0n) is 17.1. The Balaban J connectivity index is 1.76. The lowest BCUT2D eigenvalue weighted by Gasteiger charge is -2.22. The first-order valence-corrected chi connectivity index (χ1v) is 11.0.